The van der Waals surface area contributed by atoms with E-state index in [2.05, 4.69) is 10.3 Å². The third-order valence-corrected chi connectivity index (χ3v) is 2.93. The molecule has 98 valence electrons. The van der Waals surface area contributed by atoms with Crippen LogP contribution in [-0.4, -0.2) is 10.9 Å². The highest BCUT2D eigenvalue weighted by atomic mass is 16.2. The molecule has 1 unspecified atom stereocenters. The first kappa shape index (κ1) is 13.2. The van der Waals surface area contributed by atoms with Crippen LogP contribution in [0.5, 0.6) is 0 Å². The van der Waals surface area contributed by atoms with Crippen LogP contribution in [0.25, 0.3) is 0 Å². The van der Waals surface area contributed by atoms with Gasteiger partial charge in [0.25, 0.3) is 0 Å². The summed E-state index contributed by atoms with van der Waals surface area (Å²) in [5, 5.41) is 2.87. The van der Waals surface area contributed by atoms with Gasteiger partial charge < -0.3 is 11.1 Å². The van der Waals surface area contributed by atoms with E-state index in [1.54, 1.807) is 6.20 Å². The maximum absolute atomic E-state index is 12.1. The summed E-state index contributed by atoms with van der Waals surface area (Å²) in [6.07, 6.45) is 1.70. The lowest BCUT2D eigenvalue weighted by Gasteiger charge is -2.17. The van der Waals surface area contributed by atoms with Crippen LogP contribution < -0.4 is 11.1 Å². The second kappa shape index (κ2) is 6.11. The Balaban J connectivity index is 2.02. The van der Waals surface area contributed by atoms with Gasteiger partial charge in [0, 0.05) is 6.20 Å². The van der Waals surface area contributed by atoms with Crippen molar-refractivity contribution in [2.45, 2.75) is 19.0 Å². The fraction of sp³-hybridized carbons (Fsp3) is 0.200. The Hall–Kier alpha value is -2.20. The number of nitrogens with two attached hydrogens (primary N) is 1. The predicted molar refractivity (Wildman–Crippen MR) is 74.2 cm³/mol. The van der Waals surface area contributed by atoms with Gasteiger partial charge in [-0.2, -0.15) is 0 Å². The highest BCUT2D eigenvalue weighted by Crippen LogP contribution is 2.13. The molecule has 0 aliphatic carbocycles. The summed E-state index contributed by atoms with van der Waals surface area (Å²) >= 11 is 0. The minimum absolute atomic E-state index is 0.163. The minimum atomic E-state index is -0.660. The van der Waals surface area contributed by atoms with Gasteiger partial charge in [-0.3, -0.25) is 9.78 Å². The Morgan fingerprint density at radius 2 is 1.84 bits per heavy atom. The molecular formula is C15H17N3O. The van der Waals surface area contributed by atoms with E-state index >= 15 is 0 Å². The summed E-state index contributed by atoms with van der Waals surface area (Å²) < 4.78 is 0. The standard InChI is InChI=1S/C15H17N3O/c1-11(13-9-5-6-10-17-13)18-15(19)14(16)12-7-3-2-4-8-12/h2-11,14H,16H2,1H3,(H,18,19)/t11?,14-/m0/s1. The zero-order chi connectivity index (χ0) is 13.7. The smallest absolute Gasteiger partial charge is 0.242 e. The molecule has 0 radical (unpaired) electrons. The normalized spacial score (nSPS) is 13.6. The second-order valence-corrected chi connectivity index (χ2v) is 4.37. The topological polar surface area (TPSA) is 68.0 Å². The molecule has 0 saturated heterocycles. The Labute approximate surface area is 112 Å². The average molecular weight is 255 g/mol. The largest absolute Gasteiger partial charge is 0.346 e. The zero-order valence-corrected chi connectivity index (χ0v) is 10.8. The van der Waals surface area contributed by atoms with E-state index in [1.807, 2.05) is 55.5 Å². The molecule has 4 heteroatoms. The van der Waals surface area contributed by atoms with Crippen molar-refractivity contribution in [2.24, 2.45) is 5.73 Å². The van der Waals surface area contributed by atoms with Gasteiger partial charge in [-0.05, 0) is 24.6 Å². The Morgan fingerprint density at radius 1 is 1.16 bits per heavy atom. The SMILES string of the molecule is CC(NC(=O)[C@@H](N)c1ccccc1)c1ccccn1. The number of hydrogen-bond donors (Lipinski definition) is 2. The van der Waals surface area contributed by atoms with Gasteiger partial charge in [0.15, 0.2) is 0 Å². The van der Waals surface area contributed by atoms with Crippen molar-refractivity contribution in [2.75, 3.05) is 0 Å². The van der Waals surface area contributed by atoms with E-state index in [0.717, 1.165) is 11.3 Å². The minimum Gasteiger partial charge on any atom is -0.346 e. The molecule has 4 nitrogen and oxygen atoms in total. The van der Waals surface area contributed by atoms with Crippen LogP contribution in [0.2, 0.25) is 0 Å². The van der Waals surface area contributed by atoms with Crippen molar-refractivity contribution < 1.29 is 4.79 Å². The molecule has 19 heavy (non-hydrogen) atoms. The van der Waals surface area contributed by atoms with Crippen LogP contribution >= 0.6 is 0 Å². The van der Waals surface area contributed by atoms with Crippen molar-refractivity contribution in [3.63, 3.8) is 0 Å². The maximum Gasteiger partial charge on any atom is 0.242 e. The molecule has 0 saturated carbocycles. The first-order chi connectivity index (χ1) is 9.18. The summed E-state index contributed by atoms with van der Waals surface area (Å²) in [5.74, 6) is -0.204. The monoisotopic (exact) mass is 255 g/mol. The van der Waals surface area contributed by atoms with Crippen LogP contribution in [-0.2, 0) is 4.79 Å². The molecule has 1 aromatic carbocycles. The van der Waals surface area contributed by atoms with Crippen LogP contribution in [0, 0.1) is 0 Å². The predicted octanol–water partition coefficient (Wildman–Crippen LogP) is 1.96. The molecule has 0 bridgehead atoms. The van der Waals surface area contributed by atoms with E-state index in [9.17, 15) is 4.79 Å². The van der Waals surface area contributed by atoms with Gasteiger partial charge in [-0.15, -0.1) is 0 Å². The summed E-state index contributed by atoms with van der Waals surface area (Å²) in [6.45, 7) is 1.89. The van der Waals surface area contributed by atoms with Gasteiger partial charge in [0.2, 0.25) is 5.91 Å². The number of benzene rings is 1. The fourth-order valence-corrected chi connectivity index (χ4v) is 1.82. The van der Waals surface area contributed by atoms with E-state index in [4.69, 9.17) is 5.73 Å². The molecule has 0 aliphatic heterocycles. The lowest BCUT2D eigenvalue weighted by molar-refractivity contribution is -0.123. The number of carbonyl (C=O) groups is 1. The highest BCUT2D eigenvalue weighted by molar-refractivity contribution is 5.83. The number of hydrogen-bond acceptors (Lipinski definition) is 3. The third-order valence-electron chi connectivity index (χ3n) is 2.93. The van der Waals surface area contributed by atoms with E-state index in [-0.39, 0.29) is 11.9 Å². The number of nitrogens with one attached hydrogen (secondary N) is 1. The summed E-state index contributed by atoms with van der Waals surface area (Å²) in [7, 11) is 0. The number of nitrogens with zero attached hydrogens (tertiary/aromatic N) is 1. The van der Waals surface area contributed by atoms with Crippen molar-refractivity contribution in [3.8, 4) is 0 Å². The second-order valence-electron chi connectivity index (χ2n) is 4.37. The number of pyridine rings is 1. The Morgan fingerprint density at radius 3 is 2.47 bits per heavy atom. The molecule has 1 aromatic heterocycles. The molecule has 0 fully saturated rings. The fourth-order valence-electron chi connectivity index (χ4n) is 1.82. The van der Waals surface area contributed by atoms with Crippen molar-refractivity contribution in [1.29, 1.82) is 0 Å². The summed E-state index contributed by atoms with van der Waals surface area (Å²) in [4.78, 5) is 16.3. The Bertz CT molecular complexity index is 528. The molecule has 2 rings (SSSR count). The van der Waals surface area contributed by atoms with Gasteiger partial charge in [0.05, 0.1) is 11.7 Å². The van der Waals surface area contributed by atoms with Gasteiger partial charge >= 0.3 is 0 Å². The molecular weight excluding hydrogens is 238 g/mol. The molecule has 2 aromatic rings. The van der Waals surface area contributed by atoms with E-state index < -0.39 is 6.04 Å². The van der Waals surface area contributed by atoms with Gasteiger partial charge in [-0.1, -0.05) is 36.4 Å². The number of rotatable bonds is 4. The molecule has 0 spiro atoms. The van der Waals surface area contributed by atoms with Gasteiger partial charge in [0.1, 0.15) is 6.04 Å². The average Bonchev–Trinajstić information content (AvgIpc) is 2.48. The van der Waals surface area contributed by atoms with E-state index in [0.29, 0.717) is 0 Å². The van der Waals surface area contributed by atoms with Crippen LogP contribution in [0.1, 0.15) is 30.3 Å². The van der Waals surface area contributed by atoms with Gasteiger partial charge in [-0.25, -0.2) is 0 Å². The molecule has 3 N–H and O–H groups in total. The maximum atomic E-state index is 12.1. The van der Waals surface area contributed by atoms with Crippen LogP contribution in [0.4, 0.5) is 0 Å². The summed E-state index contributed by atoms with van der Waals surface area (Å²) in [6, 6.07) is 14.1. The Kier molecular flexibility index (Phi) is 4.26. The molecule has 2 atom stereocenters. The number of carbonyl (C=O) groups excluding carboxylic acids is 1. The van der Waals surface area contributed by atoms with E-state index in [1.165, 1.54) is 0 Å². The first-order valence-electron chi connectivity index (χ1n) is 6.20. The summed E-state index contributed by atoms with van der Waals surface area (Å²) in [5.41, 5.74) is 7.55. The molecule has 1 amide bonds. The lowest BCUT2D eigenvalue weighted by atomic mass is 10.1. The lowest BCUT2D eigenvalue weighted by Crippen LogP contribution is -2.35. The van der Waals surface area contributed by atoms with Crippen molar-refractivity contribution >= 4 is 5.91 Å². The highest BCUT2D eigenvalue weighted by Gasteiger charge is 2.18. The van der Waals surface area contributed by atoms with Crippen molar-refractivity contribution in [1.82, 2.24) is 10.3 Å². The quantitative estimate of drug-likeness (QED) is 0.877. The number of amides is 1. The molecule has 1 heterocycles. The molecule has 0 aliphatic rings. The van der Waals surface area contributed by atoms with Crippen LogP contribution in [0.3, 0.4) is 0 Å². The first-order valence-corrected chi connectivity index (χ1v) is 6.20. The van der Waals surface area contributed by atoms with Crippen molar-refractivity contribution in [3.05, 3.63) is 66.0 Å². The zero-order valence-electron chi connectivity index (χ0n) is 10.8. The number of aromatic nitrogens is 1. The third kappa shape index (κ3) is 3.39. The van der Waals surface area contributed by atoms with Crippen LogP contribution in [0.15, 0.2) is 54.7 Å².